The summed E-state index contributed by atoms with van der Waals surface area (Å²) in [6.45, 7) is 30.4. The summed E-state index contributed by atoms with van der Waals surface area (Å²) in [5.41, 5.74) is 27.7. The molecule has 0 amide bonds. The van der Waals surface area contributed by atoms with Gasteiger partial charge in [0.1, 0.15) is 0 Å². The maximum Gasteiger partial charge on any atom is 0.0528 e. The van der Waals surface area contributed by atoms with Crippen LogP contribution in [0.25, 0.3) is 66.8 Å². The third-order valence-electron chi connectivity index (χ3n) is 21.2. The summed E-state index contributed by atoms with van der Waals surface area (Å²) in [4.78, 5) is 6.78. The lowest BCUT2D eigenvalue weighted by Gasteiger charge is -2.42. The minimum atomic E-state index is -2.27. The minimum absolute atomic E-state index is 0.149. The first kappa shape index (κ1) is 58.8. The van der Waals surface area contributed by atoms with Crippen LogP contribution in [0.15, 0.2) is 261 Å². The summed E-state index contributed by atoms with van der Waals surface area (Å²) >= 11 is 0. The fourth-order valence-corrected chi connectivity index (χ4v) is 16.4. The van der Waals surface area contributed by atoms with Crippen molar-refractivity contribution in [2.75, 3.05) is 14.7 Å². The van der Waals surface area contributed by atoms with Gasteiger partial charge < -0.3 is 14.7 Å². The Kier molecular flexibility index (Phi) is 15.3. The molecule has 0 bridgehead atoms. The molecule has 0 spiro atoms. The first-order valence-corrected chi connectivity index (χ1v) is 35.8. The summed E-state index contributed by atoms with van der Waals surface area (Å²) in [5.74, 6) is 0. The highest BCUT2D eigenvalue weighted by Gasteiger charge is 2.44. The van der Waals surface area contributed by atoms with Crippen LogP contribution in [0.1, 0.15) is 177 Å². The fourth-order valence-electron chi connectivity index (χ4n) is 16.4. The molecule has 0 aromatic heterocycles. The zero-order valence-electron chi connectivity index (χ0n) is 71.2. The van der Waals surface area contributed by atoms with Gasteiger partial charge in [0.2, 0.25) is 0 Å². The monoisotopic (exact) mass is 1330 g/mol. The highest BCUT2D eigenvalue weighted by molar-refractivity contribution is 5.99. The quantitative estimate of drug-likeness (QED) is 0.143. The van der Waals surface area contributed by atoms with Crippen molar-refractivity contribution in [3.8, 4) is 66.8 Å². The largest absolute Gasteiger partial charge is 0.335 e. The molecule has 3 aliphatic carbocycles. The Balaban J connectivity index is 0.000000145. The van der Waals surface area contributed by atoms with Crippen molar-refractivity contribution in [3.05, 3.63) is 322 Å². The number of para-hydroxylation sites is 1. The number of aryl methyl sites for hydroxylation is 5. The van der Waals surface area contributed by atoms with E-state index in [1.165, 1.54) is 50.1 Å². The van der Waals surface area contributed by atoms with E-state index in [0.29, 0.717) is 16.7 Å². The third-order valence-corrected chi connectivity index (χ3v) is 21.2. The van der Waals surface area contributed by atoms with Crippen molar-refractivity contribution < 1.29 is 12.3 Å². The zero-order valence-corrected chi connectivity index (χ0v) is 62.2. The smallest absolute Gasteiger partial charge is 0.0528 e. The van der Waals surface area contributed by atoms with Gasteiger partial charge in [0.15, 0.2) is 0 Å². The van der Waals surface area contributed by atoms with Gasteiger partial charge >= 0.3 is 0 Å². The molecule has 0 unspecified atom stereocenters. The topological polar surface area (TPSA) is 9.72 Å². The van der Waals surface area contributed by atoms with E-state index in [4.69, 9.17) is 12.3 Å². The van der Waals surface area contributed by atoms with Crippen LogP contribution in [0.5, 0.6) is 0 Å². The Bertz CT molecular complexity index is 5430. The lowest BCUT2D eigenvalue weighted by molar-refractivity contribution is 0.558. The van der Waals surface area contributed by atoms with Crippen LogP contribution in [0, 0.1) is 34.4 Å². The molecule has 101 heavy (non-hydrogen) atoms. The SMILES string of the molecule is [2H]C([2H])([2H])c1ccc2c(c1N(c1ccc(-c3ccccc3)cc1)C(C)(C)C)-c1ccccc1C2(C)C.[2H]C([2H])([2H])c1ccc2c(c1N(c1ccc(-c3ccccc3)cc1C)C(C)(C)C)-c1ccccc1C2(C)C.[2H]C([2H])([2H])c1cccc(-c2ccccc2)c1N(c1c(C)ccc2c1-c1ccccc1C2(C)C)C(C)(C)C. The second kappa shape index (κ2) is 26.2. The predicted octanol–water partition coefficient (Wildman–Crippen LogP) is 27.3. The number of fused-ring (bicyclic) bond motifs is 9. The average molecular weight is 1330 g/mol. The number of benzene rings is 12. The Labute approximate surface area is 617 Å². The Morgan fingerprint density at radius 3 is 1.01 bits per heavy atom. The summed E-state index contributed by atoms with van der Waals surface area (Å²) in [7, 11) is 0. The van der Waals surface area contributed by atoms with Gasteiger partial charge in [0.05, 0.1) is 22.7 Å². The molecule has 0 fully saturated rings. The highest BCUT2D eigenvalue weighted by atomic mass is 15.2. The summed E-state index contributed by atoms with van der Waals surface area (Å²) in [5, 5.41) is 0. The van der Waals surface area contributed by atoms with Gasteiger partial charge in [-0.3, -0.25) is 0 Å². The number of nitrogens with zero attached hydrogens (tertiary/aromatic N) is 3. The Morgan fingerprint density at radius 1 is 0.257 bits per heavy atom. The average Bonchev–Trinajstić information content (AvgIpc) is 1.55. The Morgan fingerprint density at radius 2 is 0.594 bits per heavy atom. The van der Waals surface area contributed by atoms with E-state index in [-0.39, 0.29) is 27.3 Å². The summed E-state index contributed by atoms with van der Waals surface area (Å²) in [6, 6.07) is 89.1. The fraction of sp³-hybridized carbons (Fsp3) is 0.265. The first-order chi connectivity index (χ1) is 51.5. The second-order valence-electron chi connectivity index (χ2n) is 32.3. The third kappa shape index (κ3) is 12.4. The van der Waals surface area contributed by atoms with Crippen LogP contribution in [-0.2, 0) is 16.2 Å². The highest BCUT2D eigenvalue weighted by Crippen LogP contribution is 2.59. The van der Waals surface area contributed by atoms with E-state index in [2.05, 4.69) is 308 Å². The van der Waals surface area contributed by atoms with Crippen LogP contribution in [-0.4, -0.2) is 16.6 Å². The number of rotatable bonds is 9. The van der Waals surface area contributed by atoms with E-state index >= 15 is 0 Å². The van der Waals surface area contributed by atoms with Gasteiger partial charge in [-0.2, -0.15) is 0 Å². The number of anilines is 6. The van der Waals surface area contributed by atoms with Crippen LogP contribution < -0.4 is 14.7 Å². The molecule has 510 valence electrons. The predicted molar refractivity (Wildman–Crippen MR) is 437 cm³/mol. The van der Waals surface area contributed by atoms with Gasteiger partial charge in [-0.25, -0.2) is 0 Å². The normalized spacial score (nSPS) is 15.7. The van der Waals surface area contributed by atoms with Gasteiger partial charge in [-0.05, 0) is 227 Å². The Hall–Kier alpha value is -9.96. The van der Waals surface area contributed by atoms with E-state index in [0.717, 1.165) is 95.3 Å². The van der Waals surface area contributed by atoms with Gasteiger partial charge in [-0.1, -0.05) is 278 Å². The molecular formula is C98H103N3. The molecule has 3 nitrogen and oxygen atoms in total. The van der Waals surface area contributed by atoms with Crippen molar-refractivity contribution in [3.63, 3.8) is 0 Å². The van der Waals surface area contributed by atoms with Crippen LogP contribution in [0.2, 0.25) is 0 Å². The van der Waals surface area contributed by atoms with Crippen LogP contribution in [0.4, 0.5) is 34.1 Å². The second-order valence-corrected chi connectivity index (χ2v) is 32.3. The summed E-state index contributed by atoms with van der Waals surface area (Å²) in [6.07, 6.45) is 0. The molecule has 0 radical (unpaired) electrons. The van der Waals surface area contributed by atoms with E-state index in [1.807, 2.05) is 78.9 Å². The van der Waals surface area contributed by atoms with Crippen molar-refractivity contribution in [1.82, 2.24) is 0 Å². The van der Waals surface area contributed by atoms with Gasteiger partial charge in [0, 0.05) is 78.8 Å². The minimum Gasteiger partial charge on any atom is -0.335 e. The standard InChI is InChI=1S/2C33H35N.C32H33N/c1-22-14-13-18-25(24-15-9-8-10-16-24)30(22)34(32(3,4)5)31-23(2)20-21-28-29(31)26-17-11-12-19-27(26)33(28,6)7;1-22-17-19-28-30(26-15-11-12-16-27(26)33(28,6)7)31(22)34(32(3,4)5)29-20-18-25(21-23(29)2)24-13-9-8-10-14-24;1-22-16-21-28-29(26-14-10-11-15-27(26)32(28,5)6)30(22)33(31(2,3)4)25-19-17-24(18-20-25)23-12-8-7-9-13-23/h2*8-21H,1-7H3;7-21H,1-6H3/i3*1D3. The van der Waals surface area contributed by atoms with E-state index in [1.54, 1.807) is 6.07 Å². The molecule has 0 saturated heterocycles. The zero-order chi connectivity index (χ0) is 79.4. The van der Waals surface area contributed by atoms with Crippen molar-refractivity contribution in [1.29, 1.82) is 0 Å². The molecule has 12 aromatic carbocycles. The van der Waals surface area contributed by atoms with Crippen molar-refractivity contribution >= 4 is 34.1 Å². The van der Waals surface area contributed by atoms with Crippen molar-refractivity contribution in [2.45, 2.75) is 171 Å². The molecule has 3 aliphatic rings. The van der Waals surface area contributed by atoms with Gasteiger partial charge in [-0.15, -0.1) is 0 Å². The lowest BCUT2D eigenvalue weighted by atomic mass is 9.82. The molecule has 0 saturated carbocycles. The van der Waals surface area contributed by atoms with Crippen LogP contribution in [0.3, 0.4) is 0 Å². The first-order valence-electron chi connectivity index (χ1n) is 40.3. The maximum atomic E-state index is 8.53. The molecule has 12 aromatic rings. The number of hydrogen-bond donors (Lipinski definition) is 0. The van der Waals surface area contributed by atoms with Crippen LogP contribution >= 0.6 is 0 Å². The lowest BCUT2D eigenvalue weighted by Crippen LogP contribution is -2.39. The molecule has 0 N–H and O–H groups in total. The molecule has 0 aliphatic heterocycles. The number of hydrogen-bond acceptors (Lipinski definition) is 3. The molecular weight excluding hydrogens is 1220 g/mol. The molecule has 0 heterocycles. The van der Waals surface area contributed by atoms with E-state index < -0.39 is 26.1 Å². The van der Waals surface area contributed by atoms with Crippen molar-refractivity contribution in [2.24, 2.45) is 0 Å². The summed E-state index contributed by atoms with van der Waals surface area (Å²) < 4.78 is 76.6. The molecule has 15 rings (SSSR count). The van der Waals surface area contributed by atoms with E-state index in [9.17, 15) is 0 Å². The molecule has 3 heteroatoms. The van der Waals surface area contributed by atoms with Gasteiger partial charge in [0.25, 0.3) is 0 Å². The molecule has 0 atom stereocenters. The maximum absolute atomic E-state index is 8.53.